The van der Waals surface area contributed by atoms with Crippen LogP contribution >= 0.6 is 0 Å². The molecule has 5 heteroatoms. The molecule has 1 saturated carbocycles. The second kappa shape index (κ2) is 7.85. The van der Waals surface area contributed by atoms with Crippen LogP contribution in [-0.2, 0) is 9.53 Å². The molecule has 5 nitrogen and oxygen atoms in total. The Hall–Kier alpha value is -1.43. The molecule has 1 aliphatic carbocycles. The Kier molecular flexibility index (Phi) is 5.77. The normalized spacial score (nSPS) is 26.8. The van der Waals surface area contributed by atoms with Crippen molar-refractivity contribution in [3.8, 4) is 0 Å². The van der Waals surface area contributed by atoms with Crippen LogP contribution in [0.5, 0.6) is 0 Å². The number of rotatable bonds is 6. The third kappa shape index (κ3) is 3.89. The number of piperidine rings is 1. The Morgan fingerprint density at radius 2 is 2.04 bits per heavy atom. The summed E-state index contributed by atoms with van der Waals surface area (Å²) in [6.45, 7) is 6.81. The van der Waals surface area contributed by atoms with E-state index in [0.29, 0.717) is 13.2 Å². The number of amides is 1. The zero-order chi connectivity index (χ0) is 17.9. The van der Waals surface area contributed by atoms with Gasteiger partial charge in [-0.15, -0.1) is 0 Å². The summed E-state index contributed by atoms with van der Waals surface area (Å²) < 4.78 is 5.80. The van der Waals surface area contributed by atoms with E-state index in [2.05, 4.69) is 10.2 Å². The van der Waals surface area contributed by atoms with Crippen molar-refractivity contribution >= 4 is 5.91 Å². The molecule has 3 unspecified atom stereocenters. The number of benzene rings is 1. The van der Waals surface area contributed by atoms with Crippen molar-refractivity contribution in [2.75, 3.05) is 26.2 Å². The minimum atomic E-state index is -0.252. The molecule has 2 aliphatic rings. The molecule has 0 radical (unpaired) electrons. The predicted octanol–water partition coefficient (Wildman–Crippen LogP) is 2.12. The molecule has 25 heavy (non-hydrogen) atoms. The molecule has 2 N–H and O–H groups in total. The summed E-state index contributed by atoms with van der Waals surface area (Å²) in [5.74, 6) is 0.0582. The van der Waals surface area contributed by atoms with Gasteiger partial charge in [-0.2, -0.15) is 0 Å². The second-order valence-electron chi connectivity index (χ2n) is 7.40. The van der Waals surface area contributed by atoms with E-state index in [4.69, 9.17) is 4.74 Å². The number of nitrogens with one attached hydrogen (secondary N) is 1. The second-order valence-corrected chi connectivity index (χ2v) is 7.40. The van der Waals surface area contributed by atoms with E-state index in [1.807, 2.05) is 44.2 Å². The molecule has 0 aromatic heterocycles. The van der Waals surface area contributed by atoms with E-state index in [1.165, 1.54) is 0 Å². The Morgan fingerprint density at radius 1 is 1.36 bits per heavy atom. The maximum atomic E-state index is 12.3. The Balaban J connectivity index is 1.46. The molecule has 1 aliphatic heterocycles. The van der Waals surface area contributed by atoms with E-state index < -0.39 is 0 Å². The standard InChI is InChI=1S/C20H30N2O3/c1-3-25-18-13-17(23)20(18)9-11-22(12-10-20)14-19(24)21-15(2)16-7-5-4-6-8-16/h4-8,15,17-18,23H,3,9-14H2,1-2H3,(H,21,24). The van der Waals surface area contributed by atoms with Crippen LogP contribution in [0.1, 0.15) is 44.7 Å². The summed E-state index contributed by atoms with van der Waals surface area (Å²) in [6, 6.07) is 10.0. The van der Waals surface area contributed by atoms with Crippen molar-refractivity contribution in [1.82, 2.24) is 10.2 Å². The van der Waals surface area contributed by atoms with Crippen molar-refractivity contribution < 1.29 is 14.6 Å². The van der Waals surface area contributed by atoms with Gasteiger partial charge >= 0.3 is 0 Å². The number of aliphatic hydroxyl groups excluding tert-OH is 1. The van der Waals surface area contributed by atoms with Crippen LogP contribution in [-0.4, -0.2) is 54.4 Å². The van der Waals surface area contributed by atoms with Crippen molar-refractivity contribution in [1.29, 1.82) is 0 Å². The number of hydrogen-bond donors (Lipinski definition) is 2. The Morgan fingerprint density at radius 3 is 2.64 bits per heavy atom. The third-order valence-electron chi connectivity index (χ3n) is 5.94. The molecule has 1 aromatic carbocycles. The van der Waals surface area contributed by atoms with Gasteiger partial charge in [0, 0.05) is 18.4 Å². The van der Waals surface area contributed by atoms with E-state index in [-0.39, 0.29) is 29.6 Å². The SMILES string of the molecule is CCOC1CC(O)C12CCN(CC(=O)NC(C)c1ccccc1)CC2. The topological polar surface area (TPSA) is 61.8 Å². The molecule has 1 heterocycles. The van der Waals surface area contributed by atoms with E-state index in [9.17, 15) is 9.90 Å². The first-order valence-electron chi connectivity index (χ1n) is 9.41. The van der Waals surface area contributed by atoms with E-state index in [1.54, 1.807) is 0 Å². The molecule has 1 saturated heterocycles. The molecule has 1 amide bonds. The molecule has 138 valence electrons. The first-order valence-corrected chi connectivity index (χ1v) is 9.41. The number of ether oxygens (including phenoxy) is 1. The maximum absolute atomic E-state index is 12.3. The van der Waals surface area contributed by atoms with Gasteiger partial charge in [-0.25, -0.2) is 0 Å². The average Bonchev–Trinajstić information content (AvgIpc) is 2.63. The quantitative estimate of drug-likeness (QED) is 0.828. The fraction of sp³-hybridized carbons (Fsp3) is 0.650. The van der Waals surface area contributed by atoms with Crippen molar-refractivity contribution in [2.24, 2.45) is 5.41 Å². The summed E-state index contributed by atoms with van der Waals surface area (Å²) in [7, 11) is 0. The number of carbonyl (C=O) groups excluding carboxylic acids is 1. The molecule has 2 fully saturated rings. The zero-order valence-corrected chi connectivity index (χ0v) is 15.3. The van der Waals surface area contributed by atoms with Crippen LogP contribution in [0.15, 0.2) is 30.3 Å². The van der Waals surface area contributed by atoms with Gasteiger partial charge in [-0.1, -0.05) is 30.3 Å². The molecular formula is C20H30N2O3. The van der Waals surface area contributed by atoms with Gasteiger partial charge in [-0.05, 0) is 45.3 Å². The smallest absolute Gasteiger partial charge is 0.234 e. The van der Waals surface area contributed by atoms with Crippen molar-refractivity contribution in [3.63, 3.8) is 0 Å². The van der Waals surface area contributed by atoms with Gasteiger partial charge < -0.3 is 15.2 Å². The van der Waals surface area contributed by atoms with Crippen LogP contribution < -0.4 is 5.32 Å². The van der Waals surface area contributed by atoms with Gasteiger partial charge in [-0.3, -0.25) is 9.69 Å². The Labute approximate surface area is 150 Å². The molecule has 3 atom stereocenters. The highest BCUT2D eigenvalue weighted by atomic mass is 16.5. The lowest BCUT2D eigenvalue weighted by molar-refractivity contribution is -0.209. The first-order chi connectivity index (χ1) is 12.0. The summed E-state index contributed by atoms with van der Waals surface area (Å²) in [5, 5.41) is 13.3. The summed E-state index contributed by atoms with van der Waals surface area (Å²) in [5.41, 5.74) is 1.03. The maximum Gasteiger partial charge on any atom is 0.234 e. The fourth-order valence-corrected chi connectivity index (χ4v) is 4.26. The highest BCUT2D eigenvalue weighted by molar-refractivity contribution is 5.78. The van der Waals surface area contributed by atoms with Gasteiger partial charge in [0.05, 0.1) is 24.8 Å². The number of hydrogen-bond acceptors (Lipinski definition) is 4. The number of likely N-dealkylation sites (tertiary alicyclic amines) is 1. The largest absolute Gasteiger partial charge is 0.392 e. The highest BCUT2D eigenvalue weighted by Gasteiger charge is 2.55. The molecule has 3 rings (SSSR count). The fourth-order valence-electron chi connectivity index (χ4n) is 4.26. The molecule has 0 bridgehead atoms. The van der Waals surface area contributed by atoms with Crippen LogP contribution in [0.2, 0.25) is 0 Å². The number of aliphatic hydroxyl groups is 1. The lowest BCUT2D eigenvalue weighted by Gasteiger charge is -2.56. The average molecular weight is 346 g/mol. The number of nitrogens with zero attached hydrogens (tertiary/aromatic N) is 1. The van der Waals surface area contributed by atoms with Crippen LogP contribution in [0.4, 0.5) is 0 Å². The summed E-state index contributed by atoms with van der Waals surface area (Å²) in [6.07, 6.45) is 2.49. The monoisotopic (exact) mass is 346 g/mol. The lowest BCUT2D eigenvalue weighted by Crippen LogP contribution is -2.62. The van der Waals surface area contributed by atoms with Gasteiger partial charge in [0.25, 0.3) is 0 Å². The van der Waals surface area contributed by atoms with Crippen LogP contribution in [0, 0.1) is 5.41 Å². The zero-order valence-electron chi connectivity index (χ0n) is 15.3. The van der Waals surface area contributed by atoms with E-state index >= 15 is 0 Å². The van der Waals surface area contributed by atoms with E-state index in [0.717, 1.165) is 37.9 Å². The van der Waals surface area contributed by atoms with Gasteiger partial charge in [0.15, 0.2) is 0 Å². The van der Waals surface area contributed by atoms with Gasteiger partial charge in [0.2, 0.25) is 5.91 Å². The van der Waals surface area contributed by atoms with Crippen molar-refractivity contribution in [3.05, 3.63) is 35.9 Å². The summed E-state index contributed by atoms with van der Waals surface area (Å²) >= 11 is 0. The van der Waals surface area contributed by atoms with Crippen LogP contribution in [0.25, 0.3) is 0 Å². The minimum absolute atomic E-state index is 0.0145. The highest BCUT2D eigenvalue weighted by Crippen LogP contribution is 2.50. The first kappa shape index (κ1) is 18.4. The third-order valence-corrected chi connectivity index (χ3v) is 5.94. The Bertz CT molecular complexity index is 568. The molecule has 1 aromatic rings. The van der Waals surface area contributed by atoms with Crippen LogP contribution in [0.3, 0.4) is 0 Å². The predicted molar refractivity (Wildman–Crippen MR) is 97.1 cm³/mol. The number of carbonyl (C=O) groups is 1. The molecular weight excluding hydrogens is 316 g/mol. The minimum Gasteiger partial charge on any atom is -0.392 e. The lowest BCUT2D eigenvalue weighted by atomic mass is 9.58. The van der Waals surface area contributed by atoms with Crippen molar-refractivity contribution in [2.45, 2.75) is 51.4 Å². The molecule has 1 spiro atoms. The summed E-state index contributed by atoms with van der Waals surface area (Å²) in [4.78, 5) is 14.5. The van der Waals surface area contributed by atoms with Gasteiger partial charge in [0.1, 0.15) is 0 Å².